The highest BCUT2D eigenvalue weighted by molar-refractivity contribution is 7.80. The van der Waals surface area contributed by atoms with E-state index >= 15 is 0 Å². The van der Waals surface area contributed by atoms with Gasteiger partial charge in [-0.2, -0.15) is 0 Å². The smallest absolute Gasteiger partial charge is 0.225 e. The molecule has 2 aromatic carbocycles. The molecule has 1 amide bonds. The first kappa shape index (κ1) is 18.3. The largest absolute Gasteiger partial charge is 0.361 e. The second-order valence-electron chi connectivity index (χ2n) is 6.78. The van der Waals surface area contributed by atoms with E-state index in [1.807, 2.05) is 36.4 Å². The number of nitrogens with zero attached hydrogens (tertiary/aromatic N) is 1. The number of aromatic amines is 2. The monoisotopic (exact) mass is 390 g/mol. The molecule has 28 heavy (non-hydrogen) atoms. The average Bonchev–Trinajstić information content (AvgIpc) is 3.37. The van der Waals surface area contributed by atoms with E-state index in [9.17, 15) is 4.79 Å². The van der Waals surface area contributed by atoms with Crippen molar-refractivity contribution in [2.45, 2.75) is 26.4 Å². The Morgan fingerprint density at radius 3 is 1.96 bits per heavy atom. The van der Waals surface area contributed by atoms with Crippen LogP contribution >= 0.6 is 12.2 Å². The van der Waals surface area contributed by atoms with Crippen LogP contribution in [0.2, 0.25) is 0 Å². The molecule has 5 nitrogen and oxygen atoms in total. The Morgan fingerprint density at radius 1 is 0.929 bits per heavy atom. The van der Waals surface area contributed by atoms with Crippen molar-refractivity contribution < 1.29 is 4.79 Å². The van der Waals surface area contributed by atoms with Gasteiger partial charge < -0.3 is 20.2 Å². The minimum atomic E-state index is -0.0743. The lowest BCUT2D eigenvalue weighted by molar-refractivity contribution is -0.119. The summed E-state index contributed by atoms with van der Waals surface area (Å²) in [6, 6.07) is 16.5. The van der Waals surface area contributed by atoms with E-state index in [1.54, 1.807) is 0 Å². The van der Waals surface area contributed by atoms with Crippen molar-refractivity contribution in [2.75, 3.05) is 0 Å². The molecule has 4 aromatic rings. The van der Waals surface area contributed by atoms with Crippen molar-refractivity contribution in [3.63, 3.8) is 0 Å². The van der Waals surface area contributed by atoms with E-state index < -0.39 is 0 Å². The number of benzene rings is 2. The summed E-state index contributed by atoms with van der Waals surface area (Å²) >= 11 is 5.60. The molecule has 0 saturated heterocycles. The fraction of sp³-hybridized carbons (Fsp3) is 0.182. The van der Waals surface area contributed by atoms with Gasteiger partial charge in [-0.1, -0.05) is 31.2 Å². The zero-order chi connectivity index (χ0) is 19.5. The molecule has 0 unspecified atom stereocenters. The van der Waals surface area contributed by atoms with E-state index in [-0.39, 0.29) is 5.91 Å². The molecule has 0 radical (unpaired) electrons. The van der Waals surface area contributed by atoms with Gasteiger partial charge in [0.25, 0.3) is 0 Å². The number of hydrogen-bond donors (Lipinski definition) is 3. The second-order valence-corrected chi connectivity index (χ2v) is 7.16. The number of carbonyl (C=O) groups is 1. The maximum absolute atomic E-state index is 11.9. The zero-order valence-electron chi connectivity index (χ0n) is 15.7. The Morgan fingerprint density at radius 2 is 1.46 bits per heavy atom. The Balaban J connectivity index is 1.67. The molecule has 0 aliphatic carbocycles. The predicted octanol–water partition coefficient (Wildman–Crippen LogP) is 4.46. The van der Waals surface area contributed by atoms with E-state index in [1.165, 1.54) is 0 Å². The minimum absolute atomic E-state index is 0.0743. The van der Waals surface area contributed by atoms with Crippen LogP contribution in [0.5, 0.6) is 0 Å². The van der Waals surface area contributed by atoms with Crippen molar-refractivity contribution >= 4 is 45.0 Å². The summed E-state index contributed by atoms with van der Waals surface area (Å²) in [5, 5.41) is 5.64. The van der Waals surface area contributed by atoms with Gasteiger partial charge in [-0.25, -0.2) is 0 Å². The molecule has 3 N–H and O–H groups in total. The number of fused-ring (bicyclic) bond motifs is 2. The van der Waals surface area contributed by atoms with Crippen LogP contribution in [0.15, 0.2) is 60.9 Å². The Labute approximate surface area is 168 Å². The first-order valence-corrected chi connectivity index (χ1v) is 9.75. The lowest BCUT2D eigenvalue weighted by Gasteiger charge is -2.26. The maximum atomic E-state index is 11.9. The van der Waals surface area contributed by atoms with Gasteiger partial charge in [0.05, 0.1) is 0 Å². The normalized spacial score (nSPS) is 11.0. The molecule has 0 fully saturated rings. The molecular weight excluding hydrogens is 368 g/mol. The zero-order valence-corrected chi connectivity index (χ0v) is 16.5. The first-order valence-electron chi connectivity index (χ1n) is 9.34. The number of thiocarbonyl (C=S) groups is 1. The molecule has 6 heteroatoms. The third kappa shape index (κ3) is 3.64. The van der Waals surface area contributed by atoms with Crippen molar-refractivity contribution in [2.24, 2.45) is 0 Å². The van der Waals surface area contributed by atoms with Crippen molar-refractivity contribution in [1.82, 2.24) is 20.2 Å². The molecule has 2 heterocycles. The topological polar surface area (TPSA) is 63.9 Å². The number of aromatic nitrogens is 2. The summed E-state index contributed by atoms with van der Waals surface area (Å²) < 4.78 is 0. The number of carbonyl (C=O) groups excluding carboxylic acids is 1. The molecule has 0 spiro atoms. The van der Waals surface area contributed by atoms with Crippen LogP contribution < -0.4 is 5.32 Å². The van der Waals surface area contributed by atoms with Crippen LogP contribution in [0, 0.1) is 0 Å². The number of nitrogens with one attached hydrogen (secondary N) is 3. The Kier molecular flexibility index (Phi) is 5.12. The highest BCUT2D eigenvalue weighted by atomic mass is 32.1. The maximum Gasteiger partial charge on any atom is 0.225 e. The van der Waals surface area contributed by atoms with Crippen LogP contribution in [0.25, 0.3) is 21.8 Å². The van der Waals surface area contributed by atoms with E-state index in [0.717, 1.165) is 32.9 Å². The molecule has 0 atom stereocenters. The van der Waals surface area contributed by atoms with E-state index in [0.29, 0.717) is 24.6 Å². The summed E-state index contributed by atoms with van der Waals surface area (Å²) in [5.41, 5.74) is 4.50. The van der Waals surface area contributed by atoms with Gasteiger partial charge >= 0.3 is 0 Å². The summed E-state index contributed by atoms with van der Waals surface area (Å²) in [7, 11) is 0. The Bertz CT molecular complexity index is 1070. The molecule has 142 valence electrons. The summed E-state index contributed by atoms with van der Waals surface area (Å²) in [6.07, 6.45) is 4.28. The van der Waals surface area contributed by atoms with Crippen LogP contribution in [0.3, 0.4) is 0 Å². The van der Waals surface area contributed by atoms with Gasteiger partial charge in [-0.05, 0) is 47.6 Å². The number of rotatable bonds is 5. The molecule has 0 aliphatic heterocycles. The molecular formula is C22H22N4OS. The highest BCUT2D eigenvalue weighted by Crippen LogP contribution is 2.23. The standard InChI is InChI=1S/C22H22N4OS/c1-2-21(27)25-22(28)26(13-15-5-3-7-19-17(15)9-11-23-19)14-16-6-4-8-20-18(16)10-12-24-20/h3-12,23-24H,2,13-14H2,1H3,(H,25,27,28). The fourth-order valence-corrected chi connectivity index (χ4v) is 3.72. The van der Waals surface area contributed by atoms with Gasteiger partial charge in [-0.15, -0.1) is 0 Å². The van der Waals surface area contributed by atoms with Gasteiger partial charge in [0.15, 0.2) is 5.11 Å². The van der Waals surface area contributed by atoms with Crippen molar-refractivity contribution in [3.8, 4) is 0 Å². The molecule has 0 bridgehead atoms. The van der Waals surface area contributed by atoms with Gasteiger partial charge in [0.1, 0.15) is 0 Å². The van der Waals surface area contributed by atoms with Gasteiger partial charge in [0.2, 0.25) is 5.91 Å². The SMILES string of the molecule is CCC(=O)NC(=S)N(Cc1cccc2[nH]ccc12)Cc1cccc2[nH]ccc12. The number of amides is 1. The summed E-state index contributed by atoms with van der Waals surface area (Å²) in [5.74, 6) is -0.0743. The van der Waals surface area contributed by atoms with Gasteiger partial charge in [-0.3, -0.25) is 4.79 Å². The fourth-order valence-electron chi connectivity index (χ4n) is 3.47. The lowest BCUT2D eigenvalue weighted by Crippen LogP contribution is -2.41. The highest BCUT2D eigenvalue weighted by Gasteiger charge is 2.16. The van der Waals surface area contributed by atoms with Crippen LogP contribution in [0.4, 0.5) is 0 Å². The molecule has 2 aromatic heterocycles. The van der Waals surface area contributed by atoms with Crippen LogP contribution in [0.1, 0.15) is 24.5 Å². The van der Waals surface area contributed by atoms with Crippen molar-refractivity contribution in [3.05, 3.63) is 72.1 Å². The number of H-pyrrole nitrogens is 2. The van der Waals surface area contributed by atoms with Crippen LogP contribution in [-0.2, 0) is 17.9 Å². The molecule has 0 saturated carbocycles. The first-order chi connectivity index (χ1) is 13.7. The second kappa shape index (κ2) is 7.86. The summed E-state index contributed by atoms with van der Waals surface area (Å²) in [6.45, 7) is 3.04. The Hall–Kier alpha value is -3.12. The third-order valence-electron chi connectivity index (χ3n) is 4.95. The number of hydrogen-bond acceptors (Lipinski definition) is 2. The summed E-state index contributed by atoms with van der Waals surface area (Å²) in [4.78, 5) is 20.5. The molecule has 0 aliphatic rings. The van der Waals surface area contributed by atoms with E-state index in [4.69, 9.17) is 12.2 Å². The minimum Gasteiger partial charge on any atom is -0.361 e. The predicted molar refractivity (Wildman–Crippen MR) is 117 cm³/mol. The molecule has 4 rings (SSSR count). The van der Waals surface area contributed by atoms with E-state index in [2.05, 4.69) is 51.7 Å². The van der Waals surface area contributed by atoms with Crippen LogP contribution in [-0.4, -0.2) is 25.9 Å². The van der Waals surface area contributed by atoms with Crippen molar-refractivity contribution in [1.29, 1.82) is 0 Å². The quantitative estimate of drug-likeness (QED) is 0.441. The third-order valence-corrected chi connectivity index (χ3v) is 5.31. The average molecular weight is 391 g/mol. The lowest BCUT2D eigenvalue weighted by atomic mass is 10.1. The van der Waals surface area contributed by atoms with Gasteiger partial charge in [0, 0.05) is 53.7 Å².